The van der Waals surface area contributed by atoms with Gasteiger partial charge in [-0.3, -0.25) is 4.79 Å². The van der Waals surface area contributed by atoms with Crippen LogP contribution < -0.4 is 4.74 Å². The third-order valence-electron chi connectivity index (χ3n) is 4.68. The number of aliphatic hydroxyl groups is 1. The van der Waals surface area contributed by atoms with E-state index in [1.807, 2.05) is 0 Å². The number of amides is 1. The van der Waals surface area contributed by atoms with Gasteiger partial charge in [0.25, 0.3) is 5.91 Å². The molecule has 1 amide bonds. The van der Waals surface area contributed by atoms with E-state index in [1.165, 1.54) is 4.90 Å². The first-order chi connectivity index (χ1) is 12.5. The zero-order valence-corrected chi connectivity index (χ0v) is 14.6. The molecule has 2 aliphatic rings. The van der Waals surface area contributed by atoms with Gasteiger partial charge in [-0.15, -0.1) is 0 Å². The molecule has 6 nitrogen and oxygen atoms in total. The summed E-state index contributed by atoms with van der Waals surface area (Å²) in [6, 6.07) is 2.92. The number of rotatable bonds is 5. The molecule has 2 aliphatic heterocycles. The topological polar surface area (TPSA) is 62.2 Å². The Hall–Kier alpha value is -1.77. The van der Waals surface area contributed by atoms with Crippen LogP contribution in [-0.4, -0.2) is 79.0 Å². The van der Waals surface area contributed by atoms with E-state index in [1.54, 1.807) is 0 Å². The summed E-state index contributed by atoms with van der Waals surface area (Å²) < 4.78 is 37.2. The molecule has 1 atom stereocenters. The van der Waals surface area contributed by atoms with Crippen molar-refractivity contribution in [2.75, 3.05) is 52.5 Å². The van der Waals surface area contributed by atoms with E-state index in [4.69, 9.17) is 9.47 Å². The molecule has 26 heavy (non-hydrogen) atoms. The minimum Gasteiger partial charge on any atom is -0.481 e. The molecular weight excluding hydrogens is 346 g/mol. The molecule has 0 bridgehead atoms. The van der Waals surface area contributed by atoms with Crippen LogP contribution in [0.1, 0.15) is 12.8 Å². The summed E-state index contributed by atoms with van der Waals surface area (Å²) in [6.07, 6.45) is 2.22. The minimum atomic E-state index is -1.14. The van der Waals surface area contributed by atoms with E-state index < -0.39 is 17.2 Å². The van der Waals surface area contributed by atoms with Gasteiger partial charge in [0.15, 0.2) is 18.2 Å². The first-order valence-electron chi connectivity index (χ1n) is 8.83. The monoisotopic (exact) mass is 370 g/mol. The van der Waals surface area contributed by atoms with Crippen LogP contribution in [-0.2, 0) is 9.53 Å². The Bertz CT molecular complexity index is 640. The summed E-state index contributed by atoms with van der Waals surface area (Å²) in [5.74, 6) is -2.13. The number of carbonyl (C=O) groups excluding carboxylic acids is 1. The molecule has 0 unspecified atom stereocenters. The van der Waals surface area contributed by atoms with Crippen molar-refractivity contribution in [3.63, 3.8) is 0 Å². The molecular formula is C18H24F2N2O4. The molecule has 0 radical (unpaired) electrons. The number of β-amino-alcohol motifs (C(OH)–C–C–N with tert-alkyl or cyclic N) is 1. The number of hydrogen-bond acceptors (Lipinski definition) is 5. The van der Waals surface area contributed by atoms with Crippen molar-refractivity contribution in [2.45, 2.75) is 18.4 Å². The van der Waals surface area contributed by atoms with Crippen LogP contribution in [0.15, 0.2) is 18.2 Å². The molecule has 0 spiro atoms. The Morgan fingerprint density at radius 3 is 2.77 bits per heavy atom. The van der Waals surface area contributed by atoms with Gasteiger partial charge >= 0.3 is 0 Å². The summed E-state index contributed by atoms with van der Waals surface area (Å²) in [5.41, 5.74) is -1.14. The lowest BCUT2D eigenvalue weighted by atomic mass is 10.0. The number of hydrogen-bond donors (Lipinski definition) is 1. The summed E-state index contributed by atoms with van der Waals surface area (Å²) in [7, 11) is 0. The van der Waals surface area contributed by atoms with Crippen molar-refractivity contribution in [3.05, 3.63) is 29.8 Å². The Morgan fingerprint density at radius 1 is 1.27 bits per heavy atom. The van der Waals surface area contributed by atoms with E-state index in [0.29, 0.717) is 25.8 Å². The van der Waals surface area contributed by atoms with Crippen LogP contribution in [0.2, 0.25) is 0 Å². The molecule has 144 valence electrons. The van der Waals surface area contributed by atoms with Crippen molar-refractivity contribution in [1.82, 2.24) is 9.80 Å². The predicted molar refractivity (Wildman–Crippen MR) is 89.9 cm³/mol. The van der Waals surface area contributed by atoms with E-state index in [2.05, 4.69) is 4.90 Å². The van der Waals surface area contributed by atoms with Gasteiger partial charge < -0.3 is 24.4 Å². The molecule has 0 aliphatic carbocycles. The quantitative estimate of drug-likeness (QED) is 0.839. The number of likely N-dealkylation sites (tertiary alicyclic amines) is 1. The first-order valence-corrected chi connectivity index (χ1v) is 8.83. The molecule has 2 fully saturated rings. The van der Waals surface area contributed by atoms with Crippen LogP contribution >= 0.6 is 0 Å². The zero-order valence-electron chi connectivity index (χ0n) is 14.6. The summed E-state index contributed by atoms with van der Waals surface area (Å²) in [4.78, 5) is 16.1. The fourth-order valence-electron chi connectivity index (χ4n) is 3.41. The number of carbonyl (C=O) groups is 1. The van der Waals surface area contributed by atoms with Crippen molar-refractivity contribution >= 4 is 5.91 Å². The van der Waals surface area contributed by atoms with E-state index in [-0.39, 0.29) is 31.4 Å². The standard InChI is InChI=1S/C18H24F2N2O4/c19-14-3-4-16(15(20)9-14)26-10-17(23)22-7-8-25-13-18(24,12-22)11-21-5-1-2-6-21/h3-4,9,24H,1-2,5-8,10-13H2/t18-/m0/s1. The Balaban J connectivity index is 1.58. The summed E-state index contributed by atoms with van der Waals surface area (Å²) in [5, 5.41) is 10.9. The van der Waals surface area contributed by atoms with Crippen molar-refractivity contribution in [1.29, 1.82) is 0 Å². The van der Waals surface area contributed by atoms with Gasteiger partial charge in [0.1, 0.15) is 11.4 Å². The lowest BCUT2D eigenvalue weighted by Gasteiger charge is -2.33. The maximum absolute atomic E-state index is 13.6. The van der Waals surface area contributed by atoms with Crippen molar-refractivity contribution < 1.29 is 28.2 Å². The van der Waals surface area contributed by atoms with Gasteiger partial charge in [-0.05, 0) is 38.1 Å². The van der Waals surface area contributed by atoms with Gasteiger partial charge in [-0.1, -0.05) is 0 Å². The second kappa shape index (κ2) is 8.28. The molecule has 3 rings (SSSR count). The number of benzene rings is 1. The van der Waals surface area contributed by atoms with Crippen molar-refractivity contribution in [3.8, 4) is 5.75 Å². The third-order valence-corrected chi connectivity index (χ3v) is 4.68. The molecule has 2 saturated heterocycles. The molecule has 1 aromatic rings. The van der Waals surface area contributed by atoms with Crippen LogP contribution in [0.5, 0.6) is 5.75 Å². The van der Waals surface area contributed by atoms with Crippen LogP contribution in [0.4, 0.5) is 8.78 Å². The zero-order chi connectivity index (χ0) is 18.6. The Kier molecular flexibility index (Phi) is 6.05. The molecule has 0 saturated carbocycles. The van der Waals surface area contributed by atoms with Crippen LogP contribution in [0, 0.1) is 11.6 Å². The highest BCUT2D eigenvalue weighted by atomic mass is 19.1. The predicted octanol–water partition coefficient (Wildman–Crippen LogP) is 1.03. The van der Waals surface area contributed by atoms with Gasteiger partial charge in [-0.25, -0.2) is 8.78 Å². The second-order valence-electron chi connectivity index (χ2n) is 6.94. The Morgan fingerprint density at radius 2 is 2.04 bits per heavy atom. The summed E-state index contributed by atoms with van der Waals surface area (Å²) in [6.45, 7) is 2.88. The maximum atomic E-state index is 13.6. The van der Waals surface area contributed by atoms with Gasteiger partial charge in [-0.2, -0.15) is 0 Å². The average molecular weight is 370 g/mol. The van der Waals surface area contributed by atoms with Gasteiger partial charge in [0.2, 0.25) is 0 Å². The molecule has 0 aromatic heterocycles. The molecule has 1 aromatic carbocycles. The highest BCUT2D eigenvalue weighted by Gasteiger charge is 2.36. The van der Waals surface area contributed by atoms with Gasteiger partial charge in [0, 0.05) is 19.2 Å². The third kappa shape index (κ3) is 4.90. The fraction of sp³-hybridized carbons (Fsp3) is 0.611. The number of halogens is 2. The normalized spacial score (nSPS) is 24.5. The molecule has 1 N–H and O–H groups in total. The largest absolute Gasteiger partial charge is 0.481 e. The van der Waals surface area contributed by atoms with Crippen molar-refractivity contribution in [2.24, 2.45) is 0 Å². The number of ether oxygens (including phenoxy) is 2. The van der Waals surface area contributed by atoms with Crippen LogP contribution in [0.25, 0.3) is 0 Å². The highest BCUT2D eigenvalue weighted by Crippen LogP contribution is 2.20. The second-order valence-corrected chi connectivity index (χ2v) is 6.94. The fourth-order valence-corrected chi connectivity index (χ4v) is 3.41. The number of nitrogens with zero attached hydrogens (tertiary/aromatic N) is 2. The van der Waals surface area contributed by atoms with Crippen LogP contribution in [0.3, 0.4) is 0 Å². The average Bonchev–Trinajstić information content (AvgIpc) is 3.01. The smallest absolute Gasteiger partial charge is 0.260 e. The lowest BCUT2D eigenvalue weighted by molar-refractivity contribution is -0.136. The van der Waals surface area contributed by atoms with E-state index in [9.17, 15) is 18.7 Å². The first kappa shape index (κ1) is 19.0. The molecule has 2 heterocycles. The van der Waals surface area contributed by atoms with E-state index in [0.717, 1.165) is 38.1 Å². The summed E-state index contributed by atoms with van der Waals surface area (Å²) >= 11 is 0. The SMILES string of the molecule is O=C(COc1ccc(F)cc1F)N1CCOC[C@](O)(CN2CCCC2)C1. The lowest BCUT2D eigenvalue weighted by Crippen LogP contribution is -2.53. The highest BCUT2D eigenvalue weighted by molar-refractivity contribution is 5.78. The maximum Gasteiger partial charge on any atom is 0.260 e. The Labute approximate surface area is 151 Å². The molecule has 8 heteroatoms. The van der Waals surface area contributed by atoms with E-state index >= 15 is 0 Å². The minimum absolute atomic E-state index is 0.137. The van der Waals surface area contributed by atoms with Gasteiger partial charge in [0.05, 0.1) is 19.8 Å².